The highest BCUT2D eigenvalue weighted by Gasteiger charge is 2.12. The third-order valence-corrected chi connectivity index (χ3v) is 3.72. The second kappa shape index (κ2) is 6.66. The number of nitrogens with zero attached hydrogens (tertiary/aromatic N) is 3. The van der Waals surface area contributed by atoms with E-state index >= 15 is 0 Å². The van der Waals surface area contributed by atoms with E-state index in [0.717, 1.165) is 11.1 Å². The first-order valence-electron chi connectivity index (χ1n) is 7.81. The molecule has 5 nitrogen and oxygen atoms in total. The maximum absolute atomic E-state index is 10.2. The Bertz CT molecular complexity index is 878. The molecular weight excluding hydrogens is 302 g/mol. The van der Waals surface area contributed by atoms with Gasteiger partial charge in [-0.15, -0.1) is 0 Å². The number of aryl methyl sites for hydroxylation is 2. The fraction of sp³-hybridized carbons (Fsp3) is 0.211. The molecule has 0 aliphatic heterocycles. The largest absolute Gasteiger partial charge is 0.507 e. The van der Waals surface area contributed by atoms with E-state index in [-0.39, 0.29) is 5.75 Å². The normalized spacial score (nSPS) is 10.6. The number of aromatic nitrogens is 3. The van der Waals surface area contributed by atoms with Gasteiger partial charge in [-0.1, -0.05) is 23.8 Å². The number of aromatic hydroxyl groups is 1. The first kappa shape index (κ1) is 15.9. The molecule has 0 fully saturated rings. The van der Waals surface area contributed by atoms with Gasteiger partial charge in [-0.3, -0.25) is 0 Å². The Kier molecular flexibility index (Phi) is 4.42. The zero-order valence-electron chi connectivity index (χ0n) is 13.9. The van der Waals surface area contributed by atoms with Crippen molar-refractivity contribution in [2.24, 2.45) is 0 Å². The Morgan fingerprint density at radius 1 is 0.958 bits per heavy atom. The summed E-state index contributed by atoms with van der Waals surface area (Å²) in [5, 5.41) is 10.2. The third kappa shape index (κ3) is 3.20. The van der Waals surface area contributed by atoms with Gasteiger partial charge in [0.25, 0.3) is 0 Å². The van der Waals surface area contributed by atoms with E-state index in [2.05, 4.69) is 21.0 Å². The van der Waals surface area contributed by atoms with Gasteiger partial charge in [0.2, 0.25) is 0 Å². The molecule has 3 rings (SSSR count). The molecule has 0 aliphatic carbocycles. The predicted molar refractivity (Wildman–Crippen MR) is 93.0 cm³/mol. The van der Waals surface area contributed by atoms with Crippen LogP contribution in [0.3, 0.4) is 0 Å². The second-order valence-corrected chi connectivity index (χ2v) is 5.56. The fourth-order valence-electron chi connectivity index (χ4n) is 2.58. The molecule has 0 saturated heterocycles. The van der Waals surface area contributed by atoms with Crippen molar-refractivity contribution < 1.29 is 9.84 Å². The number of hydrogen-bond donors (Lipinski definition) is 1. The zero-order chi connectivity index (χ0) is 17.1. The highest BCUT2D eigenvalue weighted by molar-refractivity contribution is 5.68. The van der Waals surface area contributed by atoms with Crippen molar-refractivity contribution in [2.45, 2.75) is 20.8 Å². The average molecular weight is 321 g/mol. The van der Waals surface area contributed by atoms with Crippen LogP contribution in [0.5, 0.6) is 11.5 Å². The van der Waals surface area contributed by atoms with Crippen LogP contribution in [0, 0.1) is 13.8 Å². The van der Waals surface area contributed by atoms with Gasteiger partial charge in [-0.25, -0.2) is 15.0 Å². The van der Waals surface area contributed by atoms with Crippen LogP contribution in [0.25, 0.3) is 22.8 Å². The van der Waals surface area contributed by atoms with Crippen LogP contribution in [0.1, 0.15) is 18.1 Å². The van der Waals surface area contributed by atoms with Gasteiger partial charge >= 0.3 is 0 Å². The molecule has 24 heavy (non-hydrogen) atoms. The molecule has 5 heteroatoms. The molecule has 0 bridgehead atoms. The molecule has 1 aromatic heterocycles. The van der Waals surface area contributed by atoms with E-state index in [1.165, 1.54) is 11.9 Å². The summed E-state index contributed by atoms with van der Waals surface area (Å²) in [5.74, 6) is 1.72. The van der Waals surface area contributed by atoms with Gasteiger partial charge in [0, 0.05) is 11.6 Å². The monoisotopic (exact) mass is 321 g/mol. The lowest BCUT2D eigenvalue weighted by Gasteiger charge is -2.09. The molecule has 1 heterocycles. The van der Waals surface area contributed by atoms with Crippen molar-refractivity contribution >= 4 is 0 Å². The van der Waals surface area contributed by atoms with Crippen molar-refractivity contribution in [1.82, 2.24) is 15.0 Å². The summed E-state index contributed by atoms with van der Waals surface area (Å²) in [5.41, 5.74) is 3.79. The van der Waals surface area contributed by atoms with E-state index in [9.17, 15) is 5.11 Å². The number of phenolic OH excluding ortho intramolecular Hbond substituents is 1. The summed E-state index contributed by atoms with van der Waals surface area (Å²) in [4.78, 5) is 13.0. The molecule has 0 aliphatic rings. The van der Waals surface area contributed by atoms with Crippen LogP contribution >= 0.6 is 0 Å². The first-order valence-corrected chi connectivity index (χ1v) is 7.81. The number of benzene rings is 2. The summed E-state index contributed by atoms with van der Waals surface area (Å²) in [7, 11) is 0. The summed E-state index contributed by atoms with van der Waals surface area (Å²) >= 11 is 0. The summed E-state index contributed by atoms with van der Waals surface area (Å²) in [6, 6.07) is 11.2. The molecule has 0 unspecified atom stereocenters. The molecule has 122 valence electrons. The van der Waals surface area contributed by atoms with E-state index in [4.69, 9.17) is 4.74 Å². The van der Waals surface area contributed by atoms with Crippen molar-refractivity contribution in [1.29, 1.82) is 0 Å². The topological polar surface area (TPSA) is 68.1 Å². The maximum Gasteiger partial charge on any atom is 0.167 e. The number of rotatable bonds is 4. The molecule has 0 spiro atoms. The fourth-order valence-corrected chi connectivity index (χ4v) is 2.58. The molecular formula is C19H19N3O2. The standard InChI is InChI=1S/C19H19N3O2/c1-4-24-14-6-8-16(17(23)10-14)19-21-11-20-18(22-19)15-7-5-12(2)9-13(15)3/h5-11,23H,4H2,1-3H3. The lowest BCUT2D eigenvalue weighted by Crippen LogP contribution is -1.97. The lowest BCUT2D eigenvalue weighted by molar-refractivity contribution is 0.338. The number of ether oxygens (including phenoxy) is 1. The van der Waals surface area contributed by atoms with Crippen LogP contribution in [-0.4, -0.2) is 26.7 Å². The van der Waals surface area contributed by atoms with Crippen molar-refractivity contribution in [3.63, 3.8) is 0 Å². The number of phenols is 1. The Balaban J connectivity index is 2.02. The SMILES string of the molecule is CCOc1ccc(-c2ncnc(-c3ccc(C)cc3C)n2)c(O)c1. The predicted octanol–water partition coefficient (Wildman–Crippen LogP) is 3.93. The number of hydrogen-bond acceptors (Lipinski definition) is 5. The van der Waals surface area contributed by atoms with Crippen LogP contribution in [0.15, 0.2) is 42.7 Å². The van der Waals surface area contributed by atoms with E-state index in [1.54, 1.807) is 18.2 Å². The molecule has 3 aromatic rings. The molecule has 0 radical (unpaired) electrons. The van der Waals surface area contributed by atoms with Crippen molar-refractivity contribution in [3.8, 4) is 34.3 Å². The second-order valence-electron chi connectivity index (χ2n) is 5.56. The van der Waals surface area contributed by atoms with Gasteiger partial charge in [0.15, 0.2) is 11.6 Å². The summed E-state index contributed by atoms with van der Waals surface area (Å²) < 4.78 is 5.38. The zero-order valence-corrected chi connectivity index (χ0v) is 13.9. The lowest BCUT2D eigenvalue weighted by atomic mass is 10.1. The Labute approximate surface area is 141 Å². The quantitative estimate of drug-likeness (QED) is 0.788. The van der Waals surface area contributed by atoms with Crippen molar-refractivity contribution in [2.75, 3.05) is 6.61 Å². The Morgan fingerprint density at radius 3 is 2.33 bits per heavy atom. The van der Waals surface area contributed by atoms with Crippen LogP contribution in [-0.2, 0) is 0 Å². The summed E-state index contributed by atoms with van der Waals surface area (Å²) in [6.07, 6.45) is 1.47. The van der Waals surface area contributed by atoms with Crippen LogP contribution in [0.4, 0.5) is 0 Å². The van der Waals surface area contributed by atoms with Crippen LogP contribution < -0.4 is 4.74 Å². The van der Waals surface area contributed by atoms with Crippen molar-refractivity contribution in [3.05, 3.63) is 53.9 Å². The van der Waals surface area contributed by atoms with Gasteiger partial charge in [0.1, 0.15) is 17.8 Å². The van der Waals surface area contributed by atoms with Gasteiger partial charge in [0.05, 0.1) is 12.2 Å². The minimum atomic E-state index is 0.0822. The third-order valence-electron chi connectivity index (χ3n) is 3.72. The smallest absolute Gasteiger partial charge is 0.167 e. The average Bonchev–Trinajstić information content (AvgIpc) is 2.55. The Hall–Kier alpha value is -2.95. The molecule has 0 atom stereocenters. The van der Waals surface area contributed by atoms with E-state index in [0.29, 0.717) is 29.6 Å². The molecule has 0 amide bonds. The molecule has 0 saturated carbocycles. The highest BCUT2D eigenvalue weighted by Crippen LogP contribution is 2.31. The maximum atomic E-state index is 10.2. The minimum Gasteiger partial charge on any atom is -0.507 e. The Morgan fingerprint density at radius 2 is 1.67 bits per heavy atom. The van der Waals surface area contributed by atoms with Gasteiger partial charge < -0.3 is 9.84 Å². The van der Waals surface area contributed by atoms with Gasteiger partial charge in [-0.2, -0.15) is 0 Å². The van der Waals surface area contributed by atoms with E-state index < -0.39 is 0 Å². The van der Waals surface area contributed by atoms with Crippen LogP contribution in [0.2, 0.25) is 0 Å². The molecule has 2 aromatic carbocycles. The first-order chi connectivity index (χ1) is 11.6. The summed E-state index contributed by atoms with van der Waals surface area (Å²) in [6.45, 7) is 6.52. The minimum absolute atomic E-state index is 0.0822. The van der Waals surface area contributed by atoms with Gasteiger partial charge in [-0.05, 0) is 38.5 Å². The molecule has 1 N–H and O–H groups in total. The highest BCUT2D eigenvalue weighted by atomic mass is 16.5. The van der Waals surface area contributed by atoms with E-state index in [1.807, 2.05) is 32.9 Å².